The maximum absolute atomic E-state index is 10.5. The molecule has 0 bridgehead atoms. The number of nitro benzene ring substituents is 1. The molecule has 0 saturated heterocycles. The van der Waals surface area contributed by atoms with E-state index in [-0.39, 0.29) is 5.69 Å². The van der Waals surface area contributed by atoms with Crippen molar-refractivity contribution in [2.45, 2.75) is 13.3 Å². The molecular weight excluding hydrogens is 166 g/mol. The predicted molar refractivity (Wildman–Crippen MR) is 50.4 cm³/mol. The fraction of sp³-hybridized carbons (Fsp3) is 0.200. The van der Waals surface area contributed by atoms with E-state index in [4.69, 9.17) is 6.42 Å². The molecule has 0 amide bonds. The first-order valence-corrected chi connectivity index (χ1v) is 3.82. The zero-order valence-corrected chi connectivity index (χ0v) is 7.28. The average molecular weight is 175 g/mol. The van der Waals surface area contributed by atoms with Gasteiger partial charge in [0.15, 0.2) is 0 Å². The van der Waals surface area contributed by atoms with Gasteiger partial charge in [-0.3, -0.25) is 10.1 Å². The minimum absolute atomic E-state index is 0.140. The van der Waals surface area contributed by atoms with Gasteiger partial charge in [0.05, 0.1) is 4.92 Å². The van der Waals surface area contributed by atoms with Crippen molar-refractivity contribution in [1.29, 1.82) is 0 Å². The molecule has 0 aliphatic heterocycles. The third-order valence-corrected chi connectivity index (χ3v) is 1.76. The van der Waals surface area contributed by atoms with Crippen LogP contribution in [-0.2, 0) is 6.42 Å². The number of benzene rings is 1. The van der Waals surface area contributed by atoms with Crippen molar-refractivity contribution in [3.05, 3.63) is 39.4 Å². The molecular formula is C10H9NO2. The highest BCUT2D eigenvalue weighted by atomic mass is 16.6. The molecule has 0 saturated carbocycles. The summed E-state index contributed by atoms with van der Waals surface area (Å²) in [5.41, 5.74) is 1.73. The second-order valence-electron chi connectivity index (χ2n) is 2.76. The van der Waals surface area contributed by atoms with E-state index in [1.807, 2.05) is 0 Å². The number of nitrogens with zero attached hydrogens (tertiary/aromatic N) is 1. The van der Waals surface area contributed by atoms with Gasteiger partial charge >= 0.3 is 0 Å². The Morgan fingerprint density at radius 1 is 1.62 bits per heavy atom. The van der Waals surface area contributed by atoms with Crippen LogP contribution < -0.4 is 0 Å². The molecule has 0 aliphatic carbocycles. The first kappa shape index (κ1) is 9.27. The van der Waals surface area contributed by atoms with Gasteiger partial charge in [0, 0.05) is 18.1 Å². The Hall–Kier alpha value is -1.82. The van der Waals surface area contributed by atoms with Crippen LogP contribution in [0.15, 0.2) is 18.2 Å². The van der Waals surface area contributed by atoms with Gasteiger partial charge in [-0.05, 0) is 18.6 Å². The second-order valence-corrected chi connectivity index (χ2v) is 2.76. The fourth-order valence-corrected chi connectivity index (χ4v) is 1.15. The number of hydrogen-bond acceptors (Lipinski definition) is 2. The Labute approximate surface area is 76.5 Å². The van der Waals surface area contributed by atoms with Crippen molar-refractivity contribution in [3.63, 3.8) is 0 Å². The number of nitro groups is 1. The minimum atomic E-state index is -0.394. The summed E-state index contributed by atoms with van der Waals surface area (Å²) < 4.78 is 0. The van der Waals surface area contributed by atoms with E-state index in [1.165, 1.54) is 6.07 Å². The van der Waals surface area contributed by atoms with E-state index in [1.54, 1.807) is 19.1 Å². The molecule has 1 rings (SSSR count). The molecule has 0 radical (unpaired) electrons. The Balaban J connectivity index is 3.07. The summed E-state index contributed by atoms with van der Waals surface area (Å²) in [6.07, 6.45) is 5.64. The van der Waals surface area contributed by atoms with Crippen molar-refractivity contribution >= 4 is 5.69 Å². The molecule has 0 fully saturated rings. The van der Waals surface area contributed by atoms with Crippen molar-refractivity contribution in [3.8, 4) is 12.3 Å². The predicted octanol–water partition coefficient (Wildman–Crippen LogP) is 2.08. The lowest BCUT2D eigenvalue weighted by Crippen LogP contribution is -1.92. The Morgan fingerprint density at radius 2 is 2.31 bits per heavy atom. The van der Waals surface area contributed by atoms with E-state index in [0.29, 0.717) is 12.0 Å². The standard InChI is InChI=1S/C10H9NO2/c1-3-4-9-5-6-10(11(12)13)8(2)7-9/h1,5-7H,4H2,2H3. The maximum atomic E-state index is 10.5. The fourth-order valence-electron chi connectivity index (χ4n) is 1.15. The molecule has 3 heteroatoms. The Bertz CT molecular complexity index is 377. The summed E-state index contributed by atoms with van der Waals surface area (Å²) in [4.78, 5) is 10.1. The molecule has 0 N–H and O–H groups in total. The third-order valence-electron chi connectivity index (χ3n) is 1.76. The van der Waals surface area contributed by atoms with Crippen LogP contribution in [0, 0.1) is 29.4 Å². The van der Waals surface area contributed by atoms with E-state index < -0.39 is 4.92 Å². The molecule has 3 nitrogen and oxygen atoms in total. The highest BCUT2D eigenvalue weighted by molar-refractivity contribution is 5.42. The van der Waals surface area contributed by atoms with Crippen molar-refractivity contribution in [2.75, 3.05) is 0 Å². The molecule has 0 unspecified atom stereocenters. The highest BCUT2D eigenvalue weighted by Gasteiger charge is 2.09. The van der Waals surface area contributed by atoms with Gasteiger partial charge in [-0.15, -0.1) is 12.3 Å². The highest BCUT2D eigenvalue weighted by Crippen LogP contribution is 2.18. The van der Waals surface area contributed by atoms with E-state index in [9.17, 15) is 10.1 Å². The summed E-state index contributed by atoms with van der Waals surface area (Å²) in [6, 6.07) is 4.92. The molecule has 13 heavy (non-hydrogen) atoms. The normalized spacial score (nSPS) is 9.23. The summed E-state index contributed by atoms with van der Waals surface area (Å²) in [6.45, 7) is 1.71. The topological polar surface area (TPSA) is 43.1 Å². The van der Waals surface area contributed by atoms with Gasteiger partial charge in [-0.25, -0.2) is 0 Å². The lowest BCUT2D eigenvalue weighted by molar-refractivity contribution is -0.385. The van der Waals surface area contributed by atoms with Crippen LogP contribution in [0.5, 0.6) is 0 Å². The van der Waals surface area contributed by atoms with Crippen molar-refractivity contribution < 1.29 is 4.92 Å². The number of aryl methyl sites for hydroxylation is 1. The second kappa shape index (κ2) is 3.72. The molecule has 0 aromatic heterocycles. The molecule has 0 heterocycles. The van der Waals surface area contributed by atoms with Gasteiger partial charge in [-0.2, -0.15) is 0 Å². The minimum Gasteiger partial charge on any atom is -0.258 e. The van der Waals surface area contributed by atoms with Crippen LogP contribution in [0.2, 0.25) is 0 Å². The zero-order valence-electron chi connectivity index (χ0n) is 7.28. The van der Waals surface area contributed by atoms with Crippen LogP contribution in [0.25, 0.3) is 0 Å². The maximum Gasteiger partial charge on any atom is 0.272 e. The van der Waals surface area contributed by atoms with Gasteiger partial charge < -0.3 is 0 Å². The average Bonchev–Trinajstić information content (AvgIpc) is 2.04. The zero-order chi connectivity index (χ0) is 9.84. The molecule has 1 aromatic carbocycles. The molecule has 0 aliphatic rings. The summed E-state index contributed by atoms with van der Waals surface area (Å²) in [5.74, 6) is 2.49. The quantitative estimate of drug-likeness (QED) is 0.392. The van der Waals surface area contributed by atoms with Crippen LogP contribution in [0.3, 0.4) is 0 Å². The van der Waals surface area contributed by atoms with Gasteiger partial charge in [0.1, 0.15) is 0 Å². The first-order valence-electron chi connectivity index (χ1n) is 3.82. The molecule has 1 aromatic rings. The number of terminal acetylenes is 1. The third kappa shape index (κ3) is 2.06. The monoisotopic (exact) mass is 175 g/mol. The lowest BCUT2D eigenvalue weighted by Gasteiger charge is -1.99. The van der Waals surface area contributed by atoms with Crippen LogP contribution >= 0.6 is 0 Å². The molecule has 0 spiro atoms. The van der Waals surface area contributed by atoms with E-state index >= 15 is 0 Å². The van der Waals surface area contributed by atoms with Crippen molar-refractivity contribution in [2.24, 2.45) is 0 Å². The molecule has 0 atom stereocenters. The number of hydrogen-bond donors (Lipinski definition) is 0. The van der Waals surface area contributed by atoms with Gasteiger partial charge in [-0.1, -0.05) is 6.07 Å². The summed E-state index contributed by atoms with van der Waals surface area (Å²) in [7, 11) is 0. The summed E-state index contributed by atoms with van der Waals surface area (Å²) in [5, 5.41) is 10.5. The van der Waals surface area contributed by atoms with Gasteiger partial charge in [0.25, 0.3) is 5.69 Å². The van der Waals surface area contributed by atoms with Crippen LogP contribution in [-0.4, -0.2) is 4.92 Å². The van der Waals surface area contributed by atoms with Gasteiger partial charge in [0.2, 0.25) is 0 Å². The van der Waals surface area contributed by atoms with Crippen molar-refractivity contribution in [1.82, 2.24) is 0 Å². The smallest absolute Gasteiger partial charge is 0.258 e. The van der Waals surface area contributed by atoms with Crippen LogP contribution in [0.4, 0.5) is 5.69 Å². The first-order chi connectivity index (χ1) is 6.15. The Kier molecular flexibility index (Phi) is 2.65. The van der Waals surface area contributed by atoms with E-state index in [2.05, 4.69) is 5.92 Å². The summed E-state index contributed by atoms with van der Waals surface area (Å²) >= 11 is 0. The lowest BCUT2D eigenvalue weighted by atomic mass is 10.1. The largest absolute Gasteiger partial charge is 0.272 e. The number of rotatable bonds is 2. The Morgan fingerprint density at radius 3 is 2.77 bits per heavy atom. The SMILES string of the molecule is C#CCc1ccc([N+](=O)[O-])c(C)c1. The van der Waals surface area contributed by atoms with E-state index in [0.717, 1.165) is 5.56 Å². The molecule has 66 valence electrons. The van der Waals surface area contributed by atoms with Crippen LogP contribution in [0.1, 0.15) is 11.1 Å².